The fourth-order valence-corrected chi connectivity index (χ4v) is 3.60. The zero-order valence-corrected chi connectivity index (χ0v) is 16.7. The molecule has 0 radical (unpaired) electrons. The molecule has 2 rings (SSSR count). The second kappa shape index (κ2) is 8.01. The summed E-state index contributed by atoms with van der Waals surface area (Å²) in [5, 5.41) is 3.01. The molecule has 1 atom stereocenters. The van der Waals surface area contributed by atoms with E-state index in [9.17, 15) is 13.2 Å². The van der Waals surface area contributed by atoms with Gasteiger partial charge in [-0.15, -0.1) is 0 Å². The van der Waals surface area contributed by atoms with Crippen LogP contribution in [0.25, 0.3) is 0 Å². The summed E-state index contributed by atoms with van der Waals surface area (Å²) >= 11 is 0. The van der Waals surface area contributed by atoms with Crippen molar-refractivity contribution in [3.8, 4) is 0 Å². The molecule has 0 heterocycles. The normalized spacial score (nSPS) is 12.8. The highest BCUT2D eigenvalue weighted by Crippen LogP contribution is 2.21. The molecule has 5 nitrogen and oxygen atoms in total. The maximum atomic E-state index is 12.7. The minimum Gasteiger partial charge on any atom is -0.345 e. The van der Waals surface area contributed by atoms with Crippen LogP contribution in [0, 0.1) is 13.8 Å². The molecule has 1 N–H and O–H groups in total. The quantitative estimate of drug-likeness (QED) is 0.842. The Hall–Kier alpha value is -2.18. The van der Waals surface area contributed by atoms with E-state index in [0.29, 0.717) is 5.56 Å². The topological polar surface area (TPSA) is 66.5 Å². The first-order valence-corrected chi connectivity index (χ1v) is 10.0. The molecule has 0 aromatic heterocycles. The number of benzene rings is 2. The van der Waals surface area contributed by atoms with E-state index in [1.807, 2.05) is 26.0 Å². The summed E-state index contributed by atoms with van der Waals surface area (Å²) in [6.45, 7) is 6.10. The summed E-state index contributed by atoms with van der Waals surface area (Å²) in [7, 11) is -0.642. The van der Waals surface area contributed by atoms with Gasteiger partial charge in [-0.05, 0) is 55.2 Å². The van der Waals surface area contributed by atoms with Gasteiger partial charge in [0.15, 0.2) is 0 Å². The third kappa shape index (κ3) is 4.31. The number of carbonyl (C=O) groups excluding carboxylic acids is 1. The highest BCUT2D eigenvalue weighted by molar-refractivity contribution is 7.89. The summed E-state index contributed by atoms with van der Waals surface area (Å²) in [5.74, 6) is -0.286. The van der Waals surface area contributed by atoms with Crippen molar-refractivity contribution in [2.75, 3.05) is 14.1 Å². The fraction of sp³-hybridized carbons (Fsp3) is 0.350. The molecule has 1 amide bonds. The van der Waals surface area contributed by atoms with Gasteiger partial charge in [-0.1, -0.05) is 31.2 Å². The first-order valence-electron chi connectivity index (χ1n) is 8.57. The fourth-order valence-electron chi connectivity index (χ4n) is 2.65. The third-order valence-electron chi connectivity index (χ3n) is 4.52. The first kappa shape index (κ1) is 20.1. The smallest absolute Gasteiger partial charge is 0.251 e. The van der Waals surface area contributed by atoms with Crippen molar-refractivity contribution in [1.82, 2.24) is 9.62 Å². The number of nitrogens with one attached hydrogen (secondary N) is 1. The largest absolute Gasteiger partial charge is 0.345 e. The minimum atomic E-state index is -3.58. The van der Waals surface area contributed by atoms with Crippen molar-refractivity contribution < 1.29 is 13.2 Å². The van der Waals surface area contributed by atoms with Crippen molar-refractivity contribution in [2.24, 2.45) is 0 Å². The molecule has 2 aromatic carbocycles. The molecular formula is C20H26N2O3S. The molecular weight excluding hydrogens is 348 g/mol. The van der Waals surface area contributed by atoms with Gasteiger partial charge >= 0.3 is 0 Å². The standard InChI is InChI=1S/C20H26N2O3S/c1-6-19(16-11-10-14(2)15(3)12-16)21-20(23)17-8-7-9-18(13-17)26(24,25)22(4)5/h7-13,19H,6H2,1-5H3,(H,21,23). The summed E-state index contributed by atoms with van der Waals surface area (Å²) < 4.78 is 25.7. The third-order valence-corrected chi connectivity index (χ3v) is 6.33. The molecule has 0 bridgehead atoms. The summed E-state index contributed by atoms with van der Waals surface area (Å²) in [6, 6.07) is 12.1. The zero-order chi connectivity index (χ0) is 19.5. The lowest BCUT2D eigenvalue weighted by atomic mass is 9.99. The Kier molecular flexibility index (Phi) is 6.21. The maximum absolute atomic E-state index is 12.7. The average molecular weight is 375 g/mol. The predicted octanol–water partition coefficient (Wildman–Crippen LogP) is 3.43. The van der Waals surface area contributed by atoms with Crippen molar-refractivity contribution in [3.05, 3.63) is 64.7 Å². The Morgan fingerprint density at radius 1 is 1.08 bits per heavy atom. The van der Waals surface area contributed by atoms with Crippen LogP contribution in [0.5, 0.6) is 0 Å². The van der Waals surface area contributed by atoms with Gasteiger partial charge in [0.25, 0.3) is 5.91 Å². The van der Waals surface area contributed by atoms with Crippen LogP contribution < -0.4 is 5.32 Å². The minimum absolute atomic E-state index is 0.106. The van der Waals surface area contributed by atoms with E-state index in [4.69, 9.17) is 0 Å². The van der Waals surface area contributed by atoms with Crippen molar-refractivity contribution >= 4 is 15.9 Å². The molecule has 0 saturated heterocycles. The number of hydrogen-bond donors (Lipinski definition) is 1. The number of aryl methyl sites for hydroxylation is 2. The molecule has 140 valence electrons. The van der Waals surface area contributed by atoms with Crippen molar-refractivity contribution in [3.63, 3.8) is 0 Å². The van der Waals surface area contributed by atoms with Crippen LogP contribution in [0.2, 0.25) is 0 Å². The maximum Gasteiger partial charge on any atom is 0.251 e. The van der Waals surface area contributed by atoms with Crippen LogP contribution in [0.4, 0.5) is 0 Å². The number of rotatable bonds is 6. The Morgan fingerprint density at radius 3 is 2.35 bits per heavy atom. The van der Waals surface area contributed by atoms with Crippen LogP contribution in [0.15, 0.2) is 47.4 Å². The van der Waals surface area contributed by atoms with Gasteiger partial charge < -0.3 is 5.32 Å². The number of hydrogen-bond acceptors (Lipinski definition) is 3. The SMILES string of the molecule is CCC(NC(=O)c1cccc(S(=O)(=O)N(C)C)c1)c1ccc(C)c(C)c1. The number of sulfonamides is 1. The van der Waals surface area contributed by atoms with Gasteiger partial charge in [-0.3, -0.25) is 4.79 Å². The van der Waals surface area contributed by atoms with E-state index >= 15 is 0 Å². The first-order chi connectivity index (χ1) is 12.2. The Balaban J connectivity index is 2.27. The van der Waals surface area contributed by atoms with Crippen LogP contribution in [0.3, 0.4) is 0 Å². The van der Waals surface area contributed by atoms with Crippen LogP contribution >= 0.6 is 0 Å². The Bertz CT molecular complexity index is 905. The van der Waals surface area contributed by atoms with Crippen LogP contribution in [-0.2, 0) is 10.0 Å². The van der Waals surface area contributed by atoms with Crippen LogP contribution in [0.1, 0.15) is 46.4 Å². The summed E-state index contributed by atoms with van der Waals surface area (Å²) in [6.07, 6.45) is 0.740. The lowest BCUT2D eigenvalue weighted by Crippen LogP contribution is -2.28. The van der Waals surface area contributed by atoms with Crippen LogP contribution in [-0.4, -0.2) is 32.7 Å². The number of amides is 1. The molecule has 0 aliphatic heterocycles. The lowest BCUT2D eigenvalue weighted by Gasteiger charge is -2.19. The lowest BCUT2D eigenvalue weighted by molar-refractivity contribution is 0.0935. The van der Waals surface area contributed by atoms with Gasteiger partial charge in [-0.25, -0.2) is 12.7 Å². The number of carbonyl (C=O) groups is 1. The second-order valence-electron chi connectivity index (χ2n) is 6.59. The highest BCUT2D eigenvalue weighted by Gasteiger charge is 2.20. The van der Waals surface area contributed by atoms with E-state index in [1.54, 1.807) is 12.1 Å². The van der Waals surface area contributed by atoms with Crippen molar-refractivity contribution in [2.45, 2.75) is 38.1 Å². The van der Waals surface area contributed by atoms with E-state index in [0.717, 1.165) is 16.3 Å². The molecule has 0 aliphatic rings. The van der Waals surface area contributed by atoms with Crippen molar-refractivity contribution in [1.29, 1.82) is 0 Å². The average Bonchev–Trinajstić information content (AvgIpc) is 2.61. The van der Waals surface area contributed by atoms with E-state index in [2.05, 4.69) is 18.3 Å². The second-order valence-corrected chi connectivity index (χ2v) is 8.75. The Morgan fingerprint density at radius 2 is 1.77 bits per heavy atom. The molecule has 1 unspecified atom stereocenters. The molecule has 0 spiro atoms. The van der Waals surface area contributed by atoms with E-state index < -0.39 is 10.0 Å². The van der Waals surface area contributed by atoms with Gasteiger partial charge in [0.05, 0.1) is 10.9 Å². The van der Waals surface area contributed by atoms with Gasteiger partial charge in [0, 0.05) is 19.7 Å². The van der Waals surface area contributed by atoms with Gasteiger partial charge in [-0.2, -0.15) is 0 Å². The summed E-state index contributed by atoms with van der Waals surface area (Å²) in [5.41, 5.74) is 3.75. The Labute approximate surface area is 156 Å². The molecule has 0 fully saturated rings. The molecule has 26 heavy (non-hydrogen) atoms. The van der Waals surface area contributed by atoms with E-state index in [-0.39, 0.29) is 16.8 Å². The molecule has 0 aliphatic carbocycles. The zero-order valence-electron chi connectivity index (χ0n) is 15.9. The van der Waals surface area contributed by atoms with Gasteiger partial charge in [0.2, 0.25) is 10.0 Å². The molecule has 6 heteroatoms. The predicted molar refractivity (Wildman–Crippen MR) is 104 cm³/mol. The van der Waals surface area contributed by atoms with E-state index in [1.165, 1.54) is 37.4 Å². The number of nitrogens with zero attached hydrogens (tertiary/aromatic N) is 1. The molecule has 2 aromatic rings. The summed E-state index contributed by atoms with van der Waals surface area (Å²) in [4.78, 5) is 12.8. The monoisotopic (exact) mass is 374 g/mol. The van der Waals surface area contributed by atoms with Gasteiger partial charge in [0.1, 0.15) is 0 Å². The molecule has 0 saturated carbocycles. The highest BCUT2D eigenvalue weighted by atomic mass is 32.2.